The fourth-order valence-corrected chi connectivity index (χ4v) is 1.74. The van der Waals surface area contributed by atoms with Crippen LogP contribution in [0.2, 0.25) is 0 Å². The van der Waals surface area contributed by atoms with Crippen molar-refractivity contribution in [2.75, 3.05) is 0 Å². The van der Waals surface area contributed by atoms with Crippen LogP contribution in [0, 0.1) is 0 Å². The van der Waals surface area contributed by atoms with E-state index in [-0.39, 0.29) is 24.0 Å². The van der Waals surface area contributed by atoms with Gasteiger partial charge in [-0.15, -0.1) is 6.58 Å². The quantitative estimate of drug-likeness (QED) is 0.584. The molecular formula is C15H16O4. The lowest BCUT2D eigenvalue weighted by Crippen LogP contribution is -2.13. The van der Waals surface area contributed by atoms with Gasteiger partial charge in [-0.25, -0.2) is 9.59 Å². The molecule has 2 N–H and O–H groups in total. The highest BCUT2D eigenvalue weighted by atomic mass is 16.4. The molecule has 0 bridgehead atoms. The van der Waals surface area contributed by atoms with E-state index in [4.69, 9.17) is 5.11 Å². The number of carboxylic acid groups (broad SMARTS) is 2. The molecular weight excluding hydrogens is 244 g/mol. The molecule has 0 saturated heterocycles. The number of hydrogen-bond donors (Lipinski definition) is 2. The Morgan fingerprint density at radius 3 is 2.11 bits per heavy atom. The molecule has 4 nitrogen and oxygen atoms in total. The molecule has 0 aliphatic carbocycles. The molecule has 0 spiro atoms. The Morgan fingerprint density at radius 2 is 1.63 bits per heavy atom. The fourth-order valence-electron chi connectivity index (χ4n) is 1.74. The van der Waals surface area contributed by atoms with Gasteiger partial charge in [0, 0.05) is 12.0 Å². The normalized spacial score (nSPS) is 11.6. The van der Waals surface area contributed by atoms with Crippen LogP contribution in [0.5, 0.6) is 0 Å². The Hall–Kier alpha value is -2.36. The molecule has 1 rings (SSSR count). The Labute approximate surface area is 111 Å². The molecule has 1 aromatic rings. The maximum atomic E-state index is 11.3. The van der Waals surface area contributed by atoms with Gasteiger partial charge in [-0.05, 0) is 18.4 Å². The number of aliphatic carboxylic acids is 2. The minimum Gasteiger partial charge on any atom is -0.478 e. The van der Waals surface area contributed by atoms with Gasteiger partial charge >= 0.3 is 11.9 Å². The van der Waals surface area contributed by atoms with E-state index in [0.717, 1.165) is 5.56 Å². The molecule has 0 unspecified atom stereocenters. The number of carbonyl (C=O) groups is 2. The first kappa shape index (κ1) is 14.7. The zero-order valence-corrected chi connectivity index (χ0v) is 10.5. The monoisotopic (exact) mass is 260 g/mol. The highest BCUT2D eigenvalue weighted by Gasteiger charge is 2.19. The van der Waals surface area contributed by atoms with Crippen molar-refractivity contribution in [2.45, 2.75) is 19.3 Å². The summed E-state index contributed by atoms with van der Waals surface area (Å²) >= 11 is 0. The Morgan fingerprint density at radius 1 is 1.05 bits per heavy atom. The lowest BCUT2D eigenvalue weighted by Gasteiger charge is -2.08. The molecule has 0 amide bonds. The maximum absolute atomic E-state index is 11.3. The molecule has 0 radical (unpaired) electrons. The Balaban J connectivity index is 3.11. The Bertz CT molecular complexity index is 500. The van der Waals surface area contributed by atoms with Crippen molar-refractivity contribution in [3.63, 3.8) is 0 Å². The summed E-state index contributed by atoms with van der Waals surface area (Å²) in [6, 6.07) is 8.95. The topological polar surface area (TPSA) is 74.6 Å². The van der Waals surface area contributed by atoms with Crippen LogP contribution >= 0.6 is 0 Å². The second kappa shape index (κ2) is 7.16. The first-order valence-electron chi connectivity index (χ1n) is 5.89. The van der Waals surface area contributed by atoms with Gasteiger partial charge < -0.3 is 10.2 Å². The smallest absolute Gasteiger partial charge is 0.332 e. The standard InChI is InChI=1S/C15H16O4/c1-2-3-9-12(14(16)17)13(15(18)19)10-11-7-5-4-6-8-11/h2,4-8H,1,3,9-10H2,(H,16,17)(H,18,19)/b13-12-. The van der Waals surface area contributed by atoms with Crippen LogP contribution in [0.3, 0.4) is 0 Å². The third kappa shape index (κ3) is 4.43. The van der Waals surface area contributed by atoms with Crippen LogP contribution in [-0.4, -0.2) is 22.2 Å². The van der Waals surface area contributed by atoms with Crippen molar-refractivity contribution in [3.05, 3.63) is 59.7 Å². The summed E-state index contributed by atoms with van der Waals surface area (Å²) in [4.78, 5) is 22.5. The van der Waals surface area contributed by atoms with Gasteiger partial charge in [-0.1, -0.05) is 36.4 Å². The molecule has 100 valence electrons. The van der Waals surface area contributed by atoms with Crippen molar-refractivity contribution in [1.82, 2.24) is 0 Å². The van der Waals surface area contributed by atoms with Crippen LogP contribution < -0.4 is 0 Å². The minimum atomic E-state index is -1.19. The first-order chi connectivity index (χ1) is 9.06. The molecule has 0 fully saturated rings. The largest absolute Gasteiger partial charge is 0.478 e. The number of carboxylic acids is 2. The second-order valence-electron chi connectivity index (χ2n) is 4.06. The summed E-state index contributed by atoms with van der Waals surface area (Å²) in [5.74, 6) is -2.37. The highest BCUT2D eigenvalue weighted by molar-refractivity contribution is 5.99. The van der Waals surface area contributed by atoms with Gasteiger partial charge in [-0.3, -0.25) is 0 Å². The van der Waals surface area contributed by atoms with Gasteiger partial charge in [0.15, 0.2) is 0 Å². The third-order valence-electron chi connectivity index (χ3n) is 2.70. The summed E-state index contributed by atoms with van der Waals surface area (Å²) < 4.78 is 0. The number of rotatable bonds is 7. The molecule has 19 heavy (non-hydrogen) atoms. The van der Waals surface area contributed by atoms with Gasteiger partial charge in [-0.2, -0.15) is 0 Å². The average Bonchev–Trinajstić information content (AvgIpc) is 2.38. The zero-order chi connectivity index (χ0) is 14.3. The van der Waals surface area contributed by atoms with Gasteiger partial charge in [0.05, 0.1) is 5.57 Å². The van der Waals surface area contributed by atoms with Crippen LogP contribution in [0.25, 0.3) is 0 Å². The van der Waals surface area contributed by atoms with Crippen LogP contribution in [0.15, 0.2) is 54.1 Å². The van der Waals surface area contributed by atoms with E-state index in [1.165, 1.54) is 0 Å². The van der Waals surface area contributed by atoms with Crippen molar-refractivity contribution in [1.29, 1.82) is 0 Å². The SMILES string of the molecule is C=CCC/C(C(=O)O)=C(\Cc1ccccc1)C(=O)O. The van der Waals surface area contributed by atoms with Gasteiger partial charge in [0.1, 0.15) is 0 Å². The van der Waals surface area contributed by atoms with E-state index in [1.807, 2.05) is 6.07 Å². The summed E-state index contributed by atoms with van der Waals surface area (Å²) in [7, 11) is 0. The Kier molecular flexibility index (Phi) is 5.54. The average molecular weight is 260 g/mol. The van der Waals surface area contributed by atoms with E-state index in [9.17, 15) is 14.7 Å². The number of allylic oxidation sites excluding steroid dienone is 1. The molecule has 0 atom stereocenters. The third-order valence-corrected chi connectivity index (χ3v) is 2.70. The summed E-state index contributed by atoms with van der Waals surface area (Å²) in [5, 5.41) is 18.3. The van der Waals surface area contributed by atoms with E-state index in [2.05, 4.69) is 6.58 Å². The summed E-state index contributed by atoms with van der Waals surface area (Å²) in [6.45, 7) is 3.52. The van der Waals surface area contributed by atoms with Crippen LogP contribution in [0.1, 0.15) is 18.4 Å². The van der Waals surface area contributed by atoms with Gasteiger partial charge in [0.2, 0.25) is 0 Å². The van der Waals surface area contributed by atoms with E-state index in [0.29, 0.717) is 6.42 Å². The molecule has 0 aliphatic rings. The van der Waals surface area contributed by atoms with E-state index >= 15 is 0 Å². The maximum Gasteiger partial charge on any atom is 0.332 e. The minimum absolute atomic E-state index is 0.0590. The van der Waals surface area contributed by atoms with Gasteiger partial charge in [0.25, 0.3) is 0 Å². The molecule has 0 aliphatic heterocycles. The number of hydrogen-bond acceptors (Lipinski definition) is 2. The zero-order valence-electron chi connectivity index (χ0n) is 10.5. The molecule has 4 heteroatoms. The summed E-state index contributed by atoms with van der Waals surface area (Å²) in [5.41, 5.74) is 0.647. The van der Waals surface area contributed by atoms with E-state index in [1.54, 1.807) is 30.3 Å². The second-order valence-corrected chi connectivity index (χ2v) is 4.06. The van der Waals surface area contributed by atoms with Crippen molar-refractivity contribution < 1.29 is 19.8 Å². The first-order valence-corrected chi connectivity index (χ1v) is 5.89. The lowest BCUT2D eigenvalue weighted by molar-refractivity contribution is -0.136. The molecule has 0 saturated carbocycles. The lowest BCUT2D eigenvalue weighted by atomic mass is 9.97. The molecule has 0 heterocycles. The summed E-state index contributed by atoms with van der Waals surface area (Å²) in [6.07, 6.45) is 2.29. The van der Waals surface area contributed by atoms with Crippen molar-refractivity contribution in [3.8, 4) is 0 Å². The van der Waals surface area contributed by atoms with Crippen LogP contribution in [-0.2, 0) is 16.0 Å². The van der Waals surface area contributed by atoms with E-state index < -0.39 is 11.9 Å². The van der Waals surface area contributed by atoms with Crippen molar-refractivity contribution in [2.24, 2.45) is 0 Å². The predicted molar refractivity (Wildman–Crippen MR) is 71.9 cm³/mol. The van der Waals surface area contributed by atoms with Crippen LogP contribution in [0.4, 0.5) is 0 Å². The fraction of sp³-hybridized carbons (Fsp3) is 0.200. The highest BCUT2D eigenvalue weighted by Crippen LogP contribution is 2.17. The molecule has 0 aromatic heterocycles. The number of benzene rings is 1. The predicted octanol–water partition coefficient (Wildman–Crippen LogP) is 2.66. The van der Waals surface area contributed by atoms with Crippen molar-refractivity contribution >= 4 is 11.9 Å². The molecule has 1 aromatic carbocycles.